The number of hydrogen-bond donors (Lipinski definition) is 1. The van der Waals surface area contributed by atoms with Crippen molar-refractivity contribution in [2.75, 3.05) is 11.4 Å². The number of amides is 2. The number of nitrogens with zero attached hydrogens (tertiary/aromatic N) is 1. The van der Waals surface area contributed by atoms with Crippen LogP contribution in [0.25, 0.3) is 0 Å². The summed E-state index contributed by atoms with van der Waals surface area (Å²) in [7, 11) is 0. The Kier molecular flexibility index (Phi) is 5.09. The van der Waals surface area contributed by atoms with Crippen LogP contribution in [0.5, 0.6) is 0 Å². The average Bonchev–Trinajstić information content (AvgIpc) is 2.97. The van der Waals surface area contributed by atoms with Crippen LogP contribution < -0.4 is 10.2 Å². The number of hydrogen-bond acceptors (Lipinski definition) is 2. The molecular formula is C23H28N2O2. The Morgan fingerprint density at radius 1 is 1.04 bits per heavy atom. The molecule has 2 aromatic carbocycles. The molecule has 3 rings (SSSR count). The summed E-state index contributed by atoms with van der Waals surface area (Å²) < 4.78 is 0. The van der Waals surface area contributed by atoms with Gasteiger partial charge in [0.05, 0.1) is 6.04 Å². The molecule has 1 atom stereocenters. The van der Waals surface area contributed by atoms with Crippen LogP contribution in [0.1, 0.15) is 54.2 Å². The van der Waals surface area contributed by atoms with Crippen molar-refractivity contribution in [1.82, 2.24) is 5.32 Å². The Morgan fingerprint density at radius 2 is 1.70 bits per heavy atom. The first-order chi connectivity index (χ1) is 12.6. The lowest BCUT2D eigenvalue weighted by Crippen LogP contribution is -2.37. The number of nitrogens with one attached hydrogen (secondary N) is 1. The zero-order chi connectivity index (χ0) is 19.8. The van der Waals surface area contributed by atoms with Crippen molar-refractivity contribution in [2.24, 2.45) is 0 Å². The van der Waals surface area contributed by atoms with Crippen LogP contribution in [0.15, 0.2) is 42.5 Å². The van der Waals surface area contributed by atoms with Gasteiger partial charge in [-0.05, 0) is 60.2 Å². The summed E-state index contributed by atoms with van der Waals surface area (Å²) in [6, 6.07) is 13.6. The summed E-state index contributed by atoms with van der Waals surface area (Å²) in [4.78, 5) is 26.8. The van der Waals surface area contributed by atoms with Gasteiger partial charge in [0, 0.05) is 24.2 Å². The maximum absolute atomic E-state index is 12.6. The van der Waals surface area contributed by atoms with Crippen LogP contribution in [0, 0.1) is 13.8 Å². The van der Waals surface area contributed by atoms with Crippen molar-refractivity contribution in [1.29, 1.82) is 0 Å². The van der Waals surface area contributed by atoms with Crippen molar-refractivity contribution in [2.45, 2.75) is 52.5 Å². The number of aryl methyl sites for hydroxylation is 2. The number of carbonyl (C=O) groups excluding carboxylic acids is 2. The van der Waals surface area contributed by atoms with E-state index in [-0.39, 0.29) is 23.3 Å². The minimum Gasteiger partial charge on any atom is -0.347 e. The van der Waals surface area contributed by atoms with Gasteiger partial charge >= 0.3 is 0 Å². The summed E-state index contributed by atoms with van der Waals surface area (Å²) in [5.74, 6) is -0.0816. The van der Waals surface area contributed by atoms with E-state index in [9.17, 15) is 9.59 Å². The molecule has 27 heavy (non-hydrogen) atoms. The van der Waals surface area contributed by atoms with Crippen molar-refractivity contribution < 1.29 is 9.59 Å². The zero-order valence-corrected chi connectivity index (χ0v) is 16.8. The summed E-state index contributed by atoms with van der Waals surface area (Å²) in [6.07, 6.45) is 0.332. The van der Waals surface area contributed by atoms with Crippen molar-refractivity contribution >= 4 is 17.5 Å². The highest BCUT2D eigenvalue weighted by atomic mass is 16.2. The number of rotatable bonds is 3. The molecule has 0 unspecified atom stereocenters. The number of anilines is 1. The summed E-state index contributed by atoms with van der Waals surface area (Å²) >= 11 is 0. The van der Waals surface area contributed by atoms with Crippen molar-refractivity contribution in [3.8, 4) is 0 Å². The molecule has 0 aliphatic carbocycles. The van der Waals surface area contributed by atoms with Gasteiger partial charge in [-0.25, -0.2) is 0 Å². The van der Waals surface area contributed by atoms with E-state index in [1.165, 1.54) is 11.1 Å². The third-order valence-electron chi connectivity index (χ3n) is 5.28. The largest absolute Gasteiger partial charge is 0.347 e. The molecule has 0 spiro atoms. The first-order valence-corrected chi connectivity index (χ1v) is 9.44. The highest BCUT2D eigenvalue weighted by molar-refractivity contribution is 5.99. The maximum atomic E-state index is 12.6. The Morgan fingerprint density at radius 3 is 2.30 bits per heavy atom. The Hall–Kier alpha value is -2.62. The third-order valence-corrected chi connectivity index (χ3v) is 5.28. The SMILES string of the molecule is Cc1ccc(N2C[C@H](NC(=O)c3ccc(C(C)(C)C)cc3)CC2=O)cc1C. The molecule has 0 bridgehead atoms. The predicted molar refractivity (Wildman–Crippen MR) is 109 cm³/mol. The van der Waals surface area contributed by atoms with Crippen LogP contribution in [0.4, 0.5) is 5.69 Å². The fraction of sp³-hybridized carbons (Fsp3) is 0.391. The van der Waals surface area contributed by atoms with Crippen LogP contribution in [0.2, 0.25) is 0 Å². The molecular weight excluding hydrogens is 336 g/mol. The van der Waals surface area contributed by atoms with E-state index in [2.05, 4.69) is 33.0 Å². The van der Waals surface area contributed by atoms with Crippen LogP contribution in [-0.2, 0) is 10.2 Å². The molecule has 0 aromatic heterocycles. The second kappa shape index (κ2) is 7.18. The smallest absolute Gasteiger partial charge is 0.251 e. The van der Waals surface area contributed by atoms with Crippen molar-refractivity contribution in [3.05, 3.63) is 64.7 Å². The summed E-state index contributed by atoms with van der Waals surface area (Å²) in [5, 5.41) is 3.01. The van der Waals surface area contributed by atoms with Crippen molar-refractivity contribution in [3.63, 3.8) is 0 Å². The van der Waals surface area contributed by atoms with Gasteiger partial charge in [0.15, 0.2) is 0 Å². The fourth-order valence-corrected chi connectivity index (χ4v) is 3.34. The Bertz CT molecular complexity index is 863. The van der Waals surface area contributed by atoms with Gasteiger partial charge in [0.25, 0.3) is 5.91 Å². The van der Waals surface area contributed by atoms with E-state index in [0.717, 1.165) is 11.3 Å². The highest BCUT2D eigenvalue weighted by Gasteiger charge is 2.32. The van der Waals surface area contributed by atoms with Gasteiger partial charge in [-0.2, -0.15) is 0 Å². The average molecular weight is 364 g/mol. The normalized spacial score (nSPS) is 17.3. The minimum absolute atomic E-state index is 0.0478. The molecule has 1 heterocycles. The van der Waals surface area contributed by atoms with E-state index < -0.39 is 0 Å². The molecule has 0 radical (unpaired) electrons. The van der Waals surface area contributed by atoms with Gasteiger partial charge in [-0.3, -0.25) is 9.59 Å². The molecule has 142 valence electrons. The topological polar surface area (TPSA) is 49.4 Å². The van der Waals surface area contributed by atoms with Crippen LogP contribution in [-0.4, -0.2) is 24.4 Å². The second-order valence-electron chi connectivity index (χ2n) is 8.47. The third kappa shape index (κ3) is 4.21. The van der Waals surface area contributed by atoms with E-state index in [1.54, 1.807) is 4.90 Å². The monoisotopic (exact) mass is 364 g/mol. The van der Waals surface area contributed by atoms with E-state index >= 15 is 0 Å². The minimum atomic E-state index is -0.172. The lowest BCUT2D eigenvalue weighted by Gasteiger charge is -2.20. The fourth-order valence-electron chi connectivity index (χ4n) is 3.34. The molecule has 1 aliphatic rings. The molecule has 1 fully saturated rings. The first-order valence-electron chi connectivity index (χ1n) is 9.44. The Labute approximate surface area is 161 Å². The van der Waals surface area contributed by atoms with Gasteiger partial charge in [0.1, 0.15) is 0 Å². The lowest BCUT2D eigenvalue weighted by molar-refractivity contribution is -0.117. The quantitative estimate of drug-likeness (QED) is 0.890. The van der Waals surface area contributed by atoms with Crippen LogP contribution in [0.3, 0.4) is 0 Å². The predicted octanol–water partition coefficient (Wildman–Crippen LogP) is 4.14. The lowest BCUT2D eigenvalue weighted by atomic mass is 9.86. The van der Waals surface area contributed by atoms with Crippen LogP contribution >= 0.6 is 0 Å². The molecule has 2 amide bonds. The summed E-state index contributed by atoms with van der Waals surface area (Å²) in [6.45, 7) is 11.0. The first kappa shape index (κ1) is 19.2. The van der Waals surface area contributed by atoms with Gasteiger partial charge < -0.3 is 10.2 Å². The number of benzene rings is 2. The van der Waals surface area contributed by atoms with E-state index in [1.807, 2.05) is 49.4 Å². The molecule has 0 saturated carbocycles. The zero-order valence-electron chi connectivity index (χ0n) is 16.8. The molecule has 1 N–H and O–H groups in total. The maximum Gasteiger partial charge on any atom is 0.251 e. The number of carbonyl (C=O) groups is 2. The molecule has 4 heteroatoms. The van der Waals surface area contributed by atoms with Gasteiger partial charge in [-0.15, -0.1) is 0 Å². The van der Waals surface area contributed by atoms with Gasteiger partial charge in [-0.1, -0.05) is 39.0 Å². The van der Waals surface area contributed by atoms with Gasteiger partial charge in [0.2, 0.25) is 5.91 Å². The molecule has 2 aromatic rings. The highest BCUT2D eigenvalue weighted by Crippen LogP contribution is 2.25. The molecule has 4 nitrogen and oxygen atoms in total. The Balaban J connectivity index is 1.67. The van der Waals surface area contributed by atoms with E-state index in [0.29, 0.717) is 18.5 Å². The standard InChI is InChI=1S/C23H28N2O2/c1-15-6-11-20(12-16(15)2)25-14-19(13-21(25)26)24-22(27)17-7-9-18(10-8-17)23(3,4)5/h6-12,19H,13-14H2,1-5H3,(H,24,27)/t19-/m1/s1. The summed E-state index contributed by atoms with van der Waals surface area (Å²) in [5.41, 5.74) is 5.13. The molecule has 1 saturated heterocycles. The molecule has 1 aliphatic heterocycles. The second-order valence-corrected chi connectivity index (χ2v) is 8.47. The van der Waals surface area contributed by atoms with E-state index in [4.69, 9.17) is 0 Å².